The van der Waals surface area contributed by atoms with Crippen LogP contribution in [0.3, 0.4) is 0 Å². The van der Waals surface area contributed by atoms with Gasteiger partial charge in [0.1, 0.15) is 28.8 Å². The van der Waals surface area contributed by atoms with Gasteiger partial charge in [-0.15, -0.1) is 0 Å². The predicted molar refractivity (Wildman–Crippen MR) is 156 cm³/mol. The van der Waals surface area contributed by atoms with Gasteiger partial charge in [-0.2, -0.15) is 41.2 Å². The molecule has 0 aliphatic heterocycles. The molecule has 1 aromatic heterocycles. The maximum absolute atomic E-state index is 14.2. The Kier molecular flexibility index (Phi) is 12.7. The Morgan fingerprint density at radius 1 is 0.933 bits per heavy atom. The van der Waals surface area contributed by atoms with E-state index < -0.39 is 46.5 Å². The van der Waals surface area contributed by atoms with Gasteiger partial charge in [0, 0.05) is 17.7 Å². The molecule has 0 aliphatic rings. The summed E-state index contributed by atoms with van der Waals surface area (Å²) in [5, 5.41) is 6.52. The molecule has 0 unspecified atom stereocenters. The second-order valence-corrected chi connectivity index (χ2v) is 11.2. The van der Waals surface area contributed by atoms with Crippen molar-refractivity contribution in [2.45, 2.75) is 59.2 Å². The lowest BCUT2D eigenvalue weighted by Crippen LogP contribution is -2.28. The van der Waals surface area contributed by atoms with Crippen molar-refractivity contribution in [1.82, 2.24) is 9.78 Å². The molecule has 0 saturated carbocycles. The molecule has 3 aromatic rings. The summed E-state index contributed by atoms with van der Waals surface area (Å²) < 4.78 is 114. The number of rotatable bonds is 8. The number of carbonyl (C=O) groups excluding carboxylic acids is 1. The lowest BCUT2D eigenvalue weighted by Gasteiger charge is -2.15. The zero-order valence-corrected chi connectivity index (χ0v) is 27.0. The third-order valence-corrected chi connectivity index (χ3v) is 6.39. The normalized spacial score (nSPS) is 11.9. The number of hydrazone groups is 1. The van der Waals surface area contributed by atoms with E-state index in [0.717, 1.165) is 19.1 Å². The van der Waals surface area contributed by atoms with E-state index in [1.54, 1.807) is 27.7 Å². The molecule has 2 aromatic carbocycles. The second-order valence-electron chi connectivity index (χ2n) is 9.46. The van der Waals surface area contributed by atoms with Crippen LogP contribution >= 0.6 is 31.9 Å². The van der Waals surface area contributed by atoms with Crippen molar-refractivity contribution < 1.29 is 49.4 Å². The van der Waals surface area contributed by atoms with Crippen molar-refractivity contribution in [1.29, 1.82) is 0 Å². The van der Waals surface area contributed by atoms with E-state index in [1.165, 1.54) is 12.1 Å². The number of ether oxygens (including phenoxy) is 2. The summed E-state index contributed by atoms with van der Waals surface area (Å²) in [6.07, 6.45) is -9.60. The largest absolute Gasteiger partial charge is 0.490 e. The molecule has 1 heterocycles. The molecule has 0 amide bonds. The fourth-order valence-electron chi connectivity index (χ4n) is 3.21. The van der Waals surface area contributed by atoms with Crippen LogP contribution in [-0.2, 0) is 11.0 Å². The minimum Gasteiger partial charge on any atom is -0.490 e. The Morgan fingerprint density at radius 3 is 1.93 bits per heavy atom. The van der Waals surface area contributed by atoms with E-state index in [-0.39, 0.29) is 41.3 Å². The van der Waals surface area contributed by atoms with Crippen molar-refractivity contribution in [2.24, 2.45) is 5.10 Å². The number of nitrogens with one attached hydrogen (secondary N) is 1. The van der Waals surface area contributed by atoms with Gasteiger partial charge in [0.25, 0.3) is 11.3 Å². The summed E-state index contributed by atoms with van der Waals surface area (Å²) in [5.41, 5.74) is -1.26. The molecular weight excluding hydrogens is 756 g/mol. The molecule has 1 N–H and O–H groups in total. The number of carbonyl (C=O) groups is 1. The smallest absolute Gasteiger partial charge is 0.455 e. The lowest BCUT2D eigenvalue weighted by atomic mass is 10.2. The topological polar surface area (TPSA) is 94.8 Å². The Morgan fingerprint density at radius 2 is 1.44 bits per heavy atom. The van der Waals surface area contributed by atoms with Crippen molar-refractivity contribution in [3.8, 4) is 17.2 Å². The Balaban J connectivity index is 0.000000317. The number of Topliss-reactive ketones (excluding diaryl/α,β-unsaturated/α-hetero) is 1. The number of alkyl halides is 6. The average molecular weight is 780 g/mol. The fraction of sp³-hybridized carbons (Fsp3) is 0.333. The molecule has 0 spiro atoms. The van der Waals surface area contributed by atoms with Gasteiger partial charge >= 0.3 is 12.4 Å². The van der Waals surface area contributed by atoms with Gasteiger partial charge in [0.15, 0.2) is 0 Å². The Labute approximate surface area is 267 Å². The maximum Gasteiger partial charge on any atom is 0.455 e. The molecule has 3 rings (SSSR count). The first-order valence-corrected chi connectivity index (χ1v) is 14.1. The number of benzene rings is 2. The van der Waals surface area contributed by atoms with E-state index >= 15 is 0 Å². The highest BCUT2D eigenvalue weighted by atomic mass is 79.9. The van der Waals surface area contributed by atoms with Crippen LogP contribution in [-0.4, -0.2) is 40.2 Å². The molecule has 0 fully saturated rings. The first kappa shape index (κ1) is 37.6. The number of aromatic nitrogens is 2. The molecule has 0 aliphatic carbocycles. The molecule has 45 heavy (non-hydrogen) atoms. The average Bonchev–Trinajstić information content (AvgIpc) is 2.88. The SMILES string of the molecule is CC(C)Oc1cc(N/N=C\C(=O)C(F)(F)F)c(F)cc1Br.Cc1c(C(F)(F)F)cnn(-c2cc(OC(C)C)c(Br)cc2F)c1=O. The number of nitrogens with zero attached hydrogens (tertiary/aromatic N) is 3. The zero-order valence-electron chi connectivity index (χ0n) is 23.9. The molecule has 18 heteroatoms. The highest BCUT2D eigenvalue weighted by molar-refractivity contribution is 9.10. The van der Waals surface area contributed by atoms with Crippen LogP contribution in [0.2, 0.25) is 0 Å². The van der Waals surface area contributed by atoms with Crippen LogP contribution in [0, 0.1) is 18.6 Å². The summed E-state index contributed by atoms with van der Waals surface area (Å²) in [4.78, 5) is 22.8. The van der Waals surface area contributed by atoms with Crippen LogP contribution in [0.5, 0.6) is 11.5 Å². The van der Waals surface area contributed by atoms with E-state index in [0.29, 0.717) is 19.8 Å². The molecule has 0 radical (unpaired) electrons. The maximum atomic E-state index is 14.2. The standard InChI is InChI=1S/C15H13BrF4N2O2.C12H11BrF4N2O2/c1-7(2)24-13-5-12(11(17)4-10(13)16)22-14(23)8(3)9(6-21-22)15(18,19)20;1-6(2)21-10-4-9(8(14)3-7(10)13)19-18-5-11(20)12(15,16)17/h4-7H,1-3H3;3-6,19H,1-2H3/b;18-5-. The fourth-order valence-corrected chi connectivity index (χ4v) is 4.03. The van der Waals surface area contributed by atoms with Crippen molar-refractivity contribution in [2.75, 3.05) is 5.43 Å². The van der Waals surface area contributed by atoms with E-state index in [2.05, 4.69) is 42.1 Å². The lowest BCUT2D eigenvalue weighted by molar-refractivity contribution is -0.162. The summed E-state index contributed by atoms with van der Waals surface area (Å²) in [6.45, 7) is 8.03. The molecule has 8 nitrogen and oxygen atoms in total. The van der Waals surface area contributed by atoms with Crippen LogP contribution < -0.4 is 20.5 Å². The Hall–Kier alpha value is -3.54. The van der Waals surface area contributed by atoms with Crippen LogP contribution in [0.4, 0.5) is 40.8 Å². The van der Waals surface area contributed by atoms with Gasteiger partial charge in [-0.1, -0.05) is 0 Å². The first-order valence-electron chi connectivity index (χ1n) is 12.5. The molecule has 0 saturated heterocycles. The van der Waals surface area contributed by atoms with Crippen LogP contribution in [0.1, 0.15) is 38.8 Å². The quantitative estimate of drug-likeness (QED) is 0.141. The molecular formula is C27H24Br2F8N4O4. The number of anilines is 1. The van der Waals surface area contributed by atoms with Crippen molar-refractivity contribution in [3.63, 3.8) is 0 Å². The van der Waals surface area contributed by atoms with Gasteiger partial charge in [0.05, 0.1) is 44.8 Å². The number of halogens is 10. The van der Waals surface area contributed by atoms with Crippen molar-refractivity contribution in [3.05, 3.63) is 72.5 Å². The molecule has 0 atom stereocenters. The van der Waals surface area contributed by atoms with Gasteiger partial charge in [-0.3, -0.25) is 15.0 Å². The first-order chi connectivity index (χ1) is 20.6. The number of ketones is 1. The highest BCUT2D eigenvalue weighted by Gasteiger charge is 2.37. The zero-order chi connectivity index (χ0) is 34.4. The molecule has 0 bridgehead atoms. The third-order valence-electron chi connectivity index (χ3n) is 5.15. The van der Waals surface area contributed by atoms with E-state index in [9.17, 15) is 44.7 Å². The van der Waals surface area contributed by atoms with Gasteiger partial charge < -0.3 is 9.47 Å². The Bertz CT molecular complexity index is 1620. The summed E-state index contributed by atoms with van der Waals surface area (Å²) >= 11 is 6.22. The van der Waals surface area contributed by atoms with Crippen LogP contribution in [0.15, 0.2) is 49.3 Å². The minimum absolute atomic E-state index is 0.0322. The van der Waals surface area contributed by atoms with Crippen molar-refractivity contribution >= 4 is 49.5 Å². The third kappa shape index (κ3) is 10.5. The summed E-state index contributed by atoms with van der Waals surface area (Å²) in [7, 11) is 0. The predicted octanol–water partition coefficient (Wildman–Crippen LogP) is 8.15. The minimum atomic E-state index is -5.02. The number of hydrogen-bond donors (Lipinski definition) is 1. The highest BCUT2D eigenvalue weighted by Crippen LogP contribution is 2.33. The monoisotopic (exact) mass is 778 g/mol. The summed E-state index contributed by atoms with van der Waals surface area (Å²) in [5.74, 6) is -3.22. The van der Waals surface area contributed by atoms with Gasteiger partial charge in [0.2, 0.25) is 0 Å². The van der Waals surface area contributed by atoms with Crippen LogP contribution in [0.25, 0.3) is 5.69 Å². The van der Waals surface area contributed by atoms with Gasteiger partial charge in [-0.05, 0) is 78.6 Å². The summed E-state index contributed by atoms with van der Waals surface area (Å²) in [6, 6.07) is 4.56. The van der Waals surface area contributed by atoms with E-state index in [1.807, 2.05) is 5.43 Å². The second kappa shape index (κ2) is 15.2. The van der Waals surface area contributed by atoms with E-state index in [4.69, 9.17) is 9.47 Å². The van der Waals surface area contributed by atoms with Gasteiger partial charge in [-0.25, -0.2) is 8.78 Å². The molecule has 246 valence electrons. The number of hydrogen-bond acceptors (Lipinski definition) is 7.